The Morgan fingerprint density at radius 2 is 1.79 bits per heavy atom. The van der Waals surface area contributed by atoms with Crippen molar-refractivity contribution < 1.29 is 9.59 Å². The first-order valence-electron chi connectivity index (χ1n) is 7.48. The number of hydrogen-bond acceptors (Lipinski definition) is 3. The minimum atomic E-state index is -0.0775. The fourth-order valence-electron chi connectivity index (χ4n) is 4.98. The Hall–Kier alpha value is -0.900. The summed E-state index contributed by atoms with van der Waals surface area (Å²) in [5, 5.41) is 2.55. The maximum absolute atomic E-state index is 12.3. The molecule has 3 rings (SSSR count). The van der Waals surface area contributed by atoms with Crippen LogP contribution in [0.25, 0.3) is 0 Å². The van der Waals surface area contributed by atoms with Crippen LogP contribution in [0.1, 0.15) is 46.0 Å². The van der Waals surface area contributed by atoms with Crippen LogP contribution in [0.3, 0.4) is 0 Å². The number of piperidine rings is 2. The van der Waals surface area contributed by atoms with E-state index in [1.54, 1.807) is 0 Å². The molecule has 3 unspecified atom stereocenters. The third kappa shape index (κ3) is 1.92. The van der Waals surface area contributed by atoms with Crippen LogP contribution >= 0.6 is 0 Å². The Morgan fingerprint density at radius 1 is 1.21 bits per heavy atom. The van der Waals surface area contributed by atoms with Gasteiger partial charge in [0.15, 0.2) is 0 Å². The lowest BCUT2D eigenvalue weighted by Gasteiger charge is -2.51. The first-order chi connectivity index (χ1) is 8.93. The van der Waals surface area contributed by atoms with Crippen molar-refractivity contribution in [3.8, 4) is 0 Å². The van der Waals surface area contributed by atoms with Crippen molar-refractivity contribution >= 4 is 11.8 Å². The van der Waals surface area contributed by atoms with Gasteiger partial charge < -0.3 is 4.90 Å². The second-order valence-electron chi connectivity index (χ2n) is 7.13. The molecule has 106 valence electrons. The van der Waals surface area contributed by atoms with Crippen LogP contribution in [-0.4, -0.2) is 35.8 Å². The van der Waals surface area contributed by atoms with Crippen molar-refractivity contribution in [3.05, 3.63) is 0 Å². The molecule has 3 saturated heterocycles. The average molecular weight is 264 g/mol. The number of carbonyl (C=O) groups is 2. The Bertz CT molecular complexity index is 404. The van der Waals surface area contributed by atoms with Gasteiger partial charge in [0.2, 0.25) is 11.8 Å². The van der Waals surface area contributed by atoms with Gasteiger partial charge in [-0.25, -0.2) is 0 Å². The van der Waals surface area contributed by atoms with E-state index in [2.05, 4.69) is 31.1 Å². The van der Waals surface area contributed by atoms with Crippen LogP contribution in [-0.2, 0) is 9.59 Å². The Kier molecular flexibility index (Phi) is 2.97. The Balaban J connectivity index is 1.95. The van der Waals surface area contributed by atoms with Gasteiger partial charge >= 0.3 is 0 Å². The number of rotatable bonds is 1. The van der Waals surface area contributed by atoms with Crippen molar-refractivity contribution in [1.82, 2.24) is 10.2 Å². The van der Waals surface area contributed by atoms with E-state index in [0.29, 0.717) is 24.4 Å². The van der Waals surface area contributed by atoms with Crippen molar-refractivity contribution in [2.24, 2.45) is 17.3 Å². The highest BCUT2D eigenvalue weighted by atomic mass is 16.2. The standard InChI is InChI=1S/C15H24N2O2/c1-9(2)13-14(19)16-12(18)8-15(13)6-10-4-5-11(7-15)17(10)3/h9-11,13H,4-8H2,1-3H3,(H,16,18,19). The molecule has 2 amide bonds. The summed E-state index contributed by atoms with van der Waals surface area (Å²) in [6, 6.07) is 1.14. The van der Waals surface area contributed by atoms with Crippen LogP contribution in [0, 0.1) is 17.3 Å². The summed E-state index contributed by atoms with van der Waals surface area (Å²) in [6.45, 7) is 4.23. The van der Waals surface area contributed by atoms with Crippen LogP contribution in [0.15, 0.2) is 0 Å². The molecule has 0 aromatic heterocycles. The molecule has 0 radical (unpaired) electrons. The van der Waals surface area contributed by atoms with Gasteiger partial charge in [-0.15, -0.1) is 0 Å². The first-order valence-corrected chi connectivity index (χ1v) is 7.48. The predicted molar refractivity (Wildman–Crippen MR) is 72.3 cm³/mol. The molecule has 0 aromatic carbocycles. The average Bonchev–Trinajstić information content (AvgIpc) is 2.53. The molecule has 3 aliphatic rings. The molecule has 4 nitrogen and oxygen atoms in total. The van der Waals surface area contributed by atoms with Crippen molar-refractivity contribution in [3.63, 3.8) is 0 Å². The van der Waals surface area contributed by atoms with E-state index in [-0.39, 0.29) is 23.1 Å². The number of carbonyl (C=O) groups excluding carboxylic acids is 2. The minimum Gasteiger partial charge on any atom is -0.300 e. The maximum atomic E-state index is 12.3. The summed E-state index contributed by atoms with van der Waals surface area (Å²) in [5.41, 5.74) is -0.0775. The molecule has 3 aliphatic heterocycles. The zero-order chi connectivity index (χ0) is 13.8. The summed E-state index contributed by atoms with van der Waals surface area (Å²) < 4.78 is 0. The highest BCUT2D eigenvalue weighted by Gasteiger charge is 2.56. The number of fused-ring (bicyclic) bond motifs is 2. The Labute approximate surface area is 114 Å². The molecule has 2 bridgehead atoms. The number of hydrogen-bond donors (Lipinski definition) is 1. The molecular formula is C15H24N2O2. The van der Waals surface area contributed by atoms with Gasteiger partial charge in [-0.1, -0.05) is 13.8 Å². The molecular weight excluding hydrogens is 240 g/mol. The summed E-state index contributed by atoms with van der Waals surface area (Å²) in [4.78, 5) is 26.6. The minimum absolute atomic E-state index is 0.00185. The normalized spacial score (nSPS) is 43.1. The third-order valence-corrected chi connectivity index (χ3v) is 5.65. The van der Waals surface area contributed by atoms with E-state index in [0.717, 1.165) is 12.8 Å². The summed E-state index contributed by atoms with van der Waals surface area (Å²) >= 11 is 0. The lowest BCUT2D eigenvalue weighted by atomic mass is 9.59. The molecule has 1 N–H and O–H groups in total. The molecule has 3 atom stereocenters. The van der Waals surface area contributed by atoms with Gasteiger partial charge in [-0.05, 0) is 44.1 Å². The van der Waals surface area contributed by atoms with Crippen molar-refractivity contribution in [2.75, 3.05) is 7.05 Å². The number of nitrogens with zero attached hydrogens (tertiary/aromatic N) is 1. The van der Waals surface area contributed by atoms with E-state index in [9.17, 15) is 9.59 Å². The molecule has 3 fully saturated rings. The highest BCUT2D eigenvalue weighted by Crippen LogP contribution is 2.54. The van der Waals surface area contributed by atoms with Gasteiger partial charge in [0, 0.05) is 24.4 Å². The fourth-order valence-corrected chi connectivity index (χ4v) is 4.98. The van der Waals surface area contributed by atoms with Crippen LogP contribution < -0.4 is 5.32 Å². The van der Waals surface area contributed by atoms with Gasteiger partial charge in [0.05, 0.1) is 0 Å². The summed E-state index contributed by atoms with van der Waals surface area (Å²) in [7, 11) is 2.20. The molecule has 4 heteroatoms. The monoisotopic (exact) mass is 264 g/mol. The van der Waals surface area contributed by atoms with E-state index < -0.39 is 0 Å². The number of amides is 2. The van der Waals surface area contributed by atoms with E-state index in [1.807, 2.05) is 0 Å². The first kappa shape index (κ1) is 13.1. The zero-order valence-electron chi connectivity index (χ0n) is 12.1. The lowest BCUT2D eigenvalue weighted by molar-refractivity contribution is -0.150. The number of nitrogens with one attached hydrogen (secondary N) is 1. The third-order valence-electron chi connectivity index (χ3n) is 5.65. The molecule has 0 saturated carbocycles. The second kappa shape index (κ2) is 4.30. The lowest BCUT2D eigenvalue weighted by Crippen LogP contribution is -2.59. The molecule has 3 heterocycles. The summed E-state index contributed by atoms with van der Waals surface area (Å²) in [5.74, 6) is 0.207. The molecule has 0 aromatic rings. The Morgan fingerprint density at radius 3 is 2.32 bits per heavy atom. The van der Waals surface area contributed by atoms with Crippen LogP contribution in [0.2, 0.25) is 0 Å². The van der Waals surface area contributed by atoms with E-state index >= 15 is 0 Å². The SMILES string of the molecule is CC(C)C1C(=O)NC(=O)CC12CC1CCC(C2)N1C. The van der Waals surface area contributed by atoms with Crippen molar-refractivity contribution in [1.29, 1.82) is 0 Å². The summed E-state index contributed by atoms with van der Waals surface area (Å²) in [6.07, 6.45) is 5.03. The second-order valence-corrected chi connectivity index (χ2v) is 7.13. The van der Waals surface area contributed by atoms with E-state index in [4.69, 9.17) is 0 Å². The fraction of sp³-hybridized carbons (Fsp3) is 0.867. The van der Waals surface area contributed by atoms with Crippen LogP contribution in [0.5, 0.6) is 0 Å². The molecule has 19 heavy (non-hydrogen) atoms. The van der Waals surface area contributed by atoms with Crippen molar-refractivity contribution in [2.45, 2.75) is 58.0 Å². The van der Waals surface area contributed by atoms with Crippen LogP contribution in [0.4, 0.5) is 0 Å². The highest BCUT2D eigenvalue weighted by molar-refractivity contribution is 5.99. The predicted octanol–water partition coefficient (Wildman–Crippen LogP) is 1.55. The largest absolute Gasteiger partial charge is 0.300 e. The number of imide groups is 1. The topological polar surface area (TPSA) is 49.4 Å². The van der Waals surface area contributed by atoms with Gasteiger partial charge in [0.25, 0.3) is 0 Å². The molecule has 0 aliphatic carbocycles. The van der Waals surface area contributed by atoms with Gasteiger partial charge in [-0.2, -0.15) is 0 Å². The van der Waals surface area contributed by atoms with Gasteiger partial charge in [-0.3, -0.25) is 14.9 Å². The zero-order valence-corrected chi connectivity index (χ0v) is 12.1. The smallest absolute Gasteiger partial charge is 0.230 e. The quantitative estimate of drug-likeness (QED) is 0.731. The molecule has 1 spiro atoms. The van der Waals surface area contributed by atoms with E-state index in [1.165, 1.54) is 12.8 Å². The van der Waals surface area contributed by atoms with Gasteiger partial charge in [0.1, 0.15) is 0 Å². The maximum Gasteiger partial charge on any atom is 0.230 e.